The lowest BCUT2D eigenvalue weighted by Gasteiger charge is -2.37. The molecule has 3 aliphatic heterocycles. The van der Waals surface area contributed by atoms with Crippen molar-refractivity contribution >= 4 is 42.1 Å². The summed E-state index contributed by atoms with van der Waals surface area (Å²) in [6.45, 7) is 6.91. The number of rotatable bonds is 8. The minimum atomic E-state index is -2.53. The van der Waals surface area contributed by atoms with Crippen LogP contribution in [0.25, 0.3) is 0 Å². The van der Waals surface area contributed by atoms with Gasteiger partial charge in [-0.05, 0) is 48.7 Å². The van der Waals surface area contributed by atoms with Crippen molar-refractivity contribution in [3.05, 3.63) is 88.5 Å². The van der Waals surface area contributed by atoms with Crippen LogP contribution in [0.5, 0.6) is 5.75 Å². The van der Waals surface area contributed by atoms with Gasteiger partial charge in [0.1, 0.15) is 5.75 Å². The van der Waals surface area contributed by atoms with Crippen LogP contribution in [0, 0.1) is 16.0 Å². The van der Waals surface area contributed by atoms with Crippen LogP contribution < -0.4 is 14.8 Å². The molecule has 0 radical (unpaired) electrons. The van der Waals surface area contributed by atoms with Crippen LogP contribution in [-0.4, -0.2) is 67.2 Å². The molecule has 45 heavy (non-hydrogen) atoms. The molecule has 0 unspecified atom stereocenters. The minimum absolute atomic E-state index is 0.0444. The van der Waals surface area contributed by atoms with Crippen molar-refractivity contribution in [2.24, 2.45) is 5.92 Å². The number of likely N-dealkylation sites (tertiary alicyclic amines) is 1. The van der Waals surface area contributed by atoms with Crippen LogP contribution in [0.3, 0.4) is 0 Å². The molecule has 0 aliphatic carbocycles. The standard InChI is InChI=1S/C34H39N3O7Si/c1-22-32(45(3,4)27-15-13-26(43-2)14-16-27)30(20-31(39)35-18-8-11-25(35)21-38)44-34(22)28-19-24(37(41)42)12-17-29(28)36(33(34)40)23-9-6-5-7-10-23/h5-7,9-10,12-17,19,22,25,30,32,38H,8,11,18,20-21H2,1-4H3/t22-,25-,30+,32-,34+/m0/s1. The Balaban J connectivity index is 1.50. The number of methoxy groups -OCH3 is 1. The summed E-state index contributed by atoms with van der Waals surface area (Å²) in [7, 11) is -0.907. The number of nitrogens with zero attached hydrogens (tertiary/aromatic N) is 3. The zero-order valence-corrected chi connectivity index (χ0v) is 27.0. The van der Waals surface area contributed by atoms with Gasteiger partial charge in [0.05, 0.1) is 51.0 Å². The summed E-state index contributed by atoms with van der Waals surface area (Å²) in [5.41, 5.74) is -0.250. The molecular formula is C34H39N3O7Si. The zero-order valence-electron chi connectivity index (χ0n) is 26.0. The van der Waals surface area contributed by atoms with Gasteiger partial charge in [0.25, 0.3) is 11.6 Å². The second kappa shape index (κ2) is 11.7. The molecular weight excluding hydrogens is 590 g/mol. The average molecular weight is 630 g/mol. The number of para-hydroxylation sites is 1. The lowest BCUT2D eigenvalue weighted by molar-refractivity contribution is -0.385. The fourth-order valence-electron chi connectivity index (χ4n) is 8.02. The van der Waals surface area contributed by atoms with Crippen molar-refractivity contribution in [1.29, 1.82) is 0 Å². The van der Waals surface area contributed by atoms with Gasteiger partial charge >= 0.3 is 0 Å². The number of aliphatic hydroxyl groups is 1. The Morgan fingerprint density at radius 3 is 2.49 bits per heavy atom. The highest BCUT2D eigenvalue weighted by Gasteiger charge is 2.67. The maximum Gasteiger partial charge on any atom is 0.269 e. The third kappa shape index (κ3) is 4.93. The van der Waals surface area contributed by atoms with Crippen LogP contribution in [0.4, 0.5) is 17.1 Å². The Labute approximate surface area is 263 Å². The molecule has 11 heteroatoms. The van der Waals surface area contributed by atoms with Crippen LogP contribution in [0.2, 0.25) is 18.6 Å². The fourth-order valence-corrected chi connectivity index (χ4v) is 12.0. The molecule has 2 amide bonds. The van der Waals surface area contributed by atoms with Crippen LogP contribution in [0.1, 0.15) is 31.7 Å². The summed E-state index contributed by atoms with van der Waals surface area (Å²) < 4.78 is 12.4. The third-order valence-electron chi connectivity index (χ3n) is 10.2. The molecule has 2 saturated heterocycles. The van der Waals surface area contributed by atoms with Gasteiger partial charge < -0.3 is 19.5 Å². The predicted molar refractivity (Wildman–Crippen MR) is 173 cm³/mol. The Morgan fingerprint density at radius 1 is 1.13 bits per heavy atom. The second-order valence-corrected chi connectivity index (χ2v) is 17.5. The summed E-state index contributed by atoms with van der Waals surface area (Å²) in [5.74, 6) is -0.119. The number of carbonyl (C=O) groups excluding carboxylic acids is 2. The van der Waals surface area contributed by atoms with Crippen molar-refractivity contribution in [2.75, 3.05) is 25.2 Å². The van der Waals surface area contributed by atoms with E-state index in [2.05, 4.69) is 25.2 Å². The second-order valence-electron chi connectivity index (χ2n) is 12.9. The molecule has 3 aromatic rings. The molecule has 0 saturated carbocycles. The van der Waals surface area contributed by atoms with Gasteiger partial charge in [-0.2, -0.15) is 0 Å². The number of ether oxygens (including phenoxy) is 2. The highest BCUT2D eigenvalue weighted by Crippen LogP contribution is 2.61. The average Bonchev–Trinajstić information content (AvgIpc) is 3.71. The van der Waals surface area contributed by atoms with Gasteiger partial charge in [0.15, 0.2) is 5.60 Å². The number of carbonyl (C=O) groups is 2. The predicted octanol–water partition coefficient (Wildman–Crippen LogP) is 4.87. The molecule has 10 nitrogen and oxygen atoms in total. The topological polar surface area (TPSA) is 122 Å². The molecule has 2 fully saturated rings. The molecule has 3 aromatic carbocycles. The first-order valence-corrected chi connectivity index (χ1v) is 18.5. The maximum atomic E-state index is 14.9. The number of nitro groups is 1. The SMILES string of the molecule is COc1ccc([Si](C)(C)[C@@H]2[C@@H](CC(=O)N3CCC[C@H]3CO)O[C@]3(C(=O)N(c4ccccc4)c4ccc([N+](=O)[O-])cc43)[C@H]2C)cc1. The van der Waals surface area contributed by atoms with Gasteiger partial charge in [0, 0.05) is 35.8 Å². The lowest BCUT2D eigenvalue weighted by Crippen LogP contribution is -2.52. The monoisotopic (exact) mass is 629 g/mol. The molecule has 1 N–H and O–H groups in total. The number of anilines is 2. The first-order valence-electron chi connectivity index (χ1n) is 15.5. The smallest absolute Gasteiger partial charge is 0.269 e. The Morgan fingerprint density at radius 2 is 1.84 bits per heavy atom. The van der Waals surface area contributed by atoms with E-state index in [0.29, 0.717) is 23.5 Å². The first kappa shape index (κ1) is 30.9. The molecule has 0 bridgehead atoms. The highest BCUT2D eigenvalue weighted by atomic mass is 28.3. The van der Waals surface area contributed by atoms with E-state index >= 15 is 0 Å². The van der Waals surface area contributed by atoms with Crippen molar-refractivity contribution in [2.45, 2.75) is 62.6 Å². The molecule has 0 aromatic heterocycles. The number of amides is 2. The summed E-state index contributed by atoms with van der Waals surface area (Å²) in [6.07, 6.45) is 0.969. The number of benzene rings is 3. The van der Waals surface area contributed by atoms with Gasteiger partial charge in [-0.1, -0.05) is 55.5 Å². The van der Waals surface area contributed by atoms with E-state index in [-0.39, 0.29) is 42.1 Å². The van der Waals surface area contributed by atoms with E-state index in [1.807, 2.05) is 49.4 Å². The number of hydrogen-bond donors (Lipinski definition) is 1. The maximum absolute atomic E-state index is 14.9. The summed E-state index contributed by atoms with van der Waals surface area (Å²) in [5, 5.41) is 23.1. The number of hydrogen-bond acceptors (Lipinski definition) is 7. The third-order valence-corrected chi connectivity index (χ3v) is 14.6. The zero-order chi connectivity index (χ0) is 32.1. The highest BCUT2D eigenvalue weighted by molar-refractivity contribution is 6.91. The van der Waals surface area contributed by atoms with Gasteiger partial charge in [0.2, 0.25) is 5.91 Å². The van der Waals surface area contributed by atoms with E-state index in [9.17, 15) is 24.8 Å². The molecule has 5 atom stereocenters. The largest absolute Gasteiger partial charge is 0.497 e. The van der Waals surface area contributed by atoms with Gasteiger partial charge in [-0.3, -0.25) is 24.6 Å². The summed E-state index contributed by atoms with van der Waals surface area (Å²) in [6, 6.07) is 21.4. The van der Waals surface area contributed by atoms with Crippen molar-refractivity contribution in [3.63, 3.8) is 0 Å². The Bertz CT molecular complexity index is 1620. The number of nitro benzene ring substituents is 1. The normalized spacial score (nSPS) is 26.0. The molecule has 3 heterocycles. The van der Waals surface area contributed by atoms with Gasteiger partial charge in [-0.25, -0.2) is 0 Å². The lowest BCUT2D eigenvalue weighted by atomic mass is 9.82. The van der Waals surface area contributed by atoms with Crippen LogP contribution in [0.15, 0.2) is 72.8 Å². The number of aliphatic hydroxyl groups excluding tert-OH is 1. The van der Waals surface area contributed by atoms with Crippen LogP contribution in [-0.2, 0) is 19.9 Å². The molecule has 3 aliphatic rings. The Hall–Kier alpha value is -4.06. The Kier molecular flexibility index (Phi) is 8.04. The molecule has 236 valence electrons. The van der Waals surface area contributed by atoms with E-state index in [0.717, 1.165) is 23.8 Å². The minimum Gasteiger partial charge on any atom is -0.497 e. The van der Waals surface area contributed by atoms with Crippen molar-refractivity contribution in [3.8, 4) is 5.75 Å². The quantitative estimate of drug-likeness (QED) is 0.214. The van der Waals surface area contributed by atoms with E-state index in [4.69, 9.17) is 9.47 Å². The fraction of sp³-hybridized carbons (Fsp3) is 0.412. The van der Waals surface area contributed by atoms with Gasteiger partial charge in [-0.15, -0.1) is 0 Å². The van der Waals surface area contributed by atoms with Crippen molar-refractivity contribution in [1.82, 2.24) is 4.90 Å². The summed E-state index contributed by atoms with van der Waals surface area (Å²) in [4.78, 5) is 43.6. The van der Waals surface area contributed by atoms with E-state index in [1.54, 1.807) is 23.0 Å². The van der Waals surface area contributed by atoms with Crippen LogP contribution >= 0.6 is 0 Å². The van der Waals surface area contributed by atoms with E-state index < -0.39 is 30.6 Å². The number of non-ortho nitro benzene ring substituents is 1. The molecule has 6 rings (SSSR count). The van der Waals surface area contributed by atoms with Crippen molar-refractivity contribution < 1.29 is 29.1 Å². The summed E-state index contributed by atoms with van der Waals surface area (Å²) >= 11 is 0. The molecule has 1 spiro atoms. The first-order chi connectivity index (χ1) is 21.5. The van der Waals surface area contributed by atoms with E-state index in [1.165, 1.54) is 12.1 Å². The number of fused-ring (bicyclic) bond motifs is 2.